The molecule has 0 saturated heterocycles. The van der Waals surface area contributed by atoms with Gasteiger partial charge in [-0.3, -0.25) is 0 Å². The first-order valence-corrected chi connectivity index (χ1v) is 7.86. The smallest absolute Gasteiger partial charge is 0.330 e. The standard InChI is InChI=1S/C15H26O2S/c1-4-7-8-9-13-18-14(10-5-2)11-12-15(16)17-6-3/h5,11-12,14H,2,4,6-10,13H2,1,3H3/b12-11-/t14-/m0/s1. The summed E-state index contributed by atoms with van der Waals surface area (Å²) in [6.07, 6.45) is 11.4. The summed E-state index contributed by atoms with van der Waals surface area (Å²) in [5.41, 5.74) is 0. The zero-order valence-electron chi connectivity index (χ0n) is 11.7. The second-order valence-corrected chi connectivity index (χ2v) is 5.45. The van der Waals surface area contributed by atoms with E-state index in [9.17, 15) is 4.79 Å². The molecule has 0 heterocycles. The van der Waals surface area contributed by atoms with Gasteiger partial charge < -0.3 is 4.74 Å². The average molecular weight is 270 g/mol. The molecule has 0 bridgehead atoms. The molecule has 0 saturated carbocycles. The van der Waals surface area contributed by atoms with Gasteiger partial charge in [-0.1, -0.05) is 38.3 Å². The number of hydrogen-bond donors (Lipinski definition) is 0. The Morgan fingerprint density at radius 2 is 2.11 bits per heavy atom. The molecule has 0 aromatic rings. The highest BCUT2D eigenvalue weighted by molar-refractivity contribution is 8.00. The van der Waals surface area contributed by atoms with Crippen LogP contribution >= 0.6 is 11.8 Å². The molecule has 0 spiro atoms. The third-order valence-corrected chi connectivity index (χ3v) is 3.76. The van der Waals surface area contributed by atoms with Crippen LogP contribution in [0.2, 0.25) is 0 Å². The van der Waals surface area contributed by atoms with Crippen molar-refractivity contribution in [1.82, 2.24) is 0 Å². The van der Waals surface area contributed by atoms with Gasteiger partial charge in [0, 0.05) is 11.3 Å². The summed E-state index contributed by atoms with van der Waals surface area (Å²) in [7, 11) is 0. The second-order valence-electron chi connectivity index (χ2n) is 4.11. The quantitative estimate of drug-likeness (QED) is 0.241. The lowest BCUT2D eigenvalue weighted by atomic mass is 10.2. The lowest BCUT2D eigenvalue weighted by Crippen LogP contribution is -2.03. The number of allylic oxidation sites excluding steroid dienone is 1. The fourth-order valence-electron chi connectivity index (χ4n) is 1.51. The number of carbonyl (C=O) groups is 1. The zero-order valence-corrected chi connectivity index (χ0v) is 12.5. The Morgan fingerprint density at radius 3 is 2.72 bits per heavy atom. The average Bonchev–Trinajstić information content (AvgIpc) is 2.36. The molecule has 0 aromatic carbocycles. The molecule has 18 heavy (non-hydrogen) atoms. The minimum absolute atomic E-state index is 0.252. The summed E-state index contributed by atoms with van der Waals surface area (Å²) in [5.74, 6) is 0.893. The Bertz CT molecular complexity index is 249. The van der Waals surface area contributed by atoms with E-state index in [0.717, 1.165) is 12.2 Å². The van der Waals surface area contributed by atoms with Crippen LogP contribution < -0.4 is 0 Å². The van der Waals surface area contributed by atoms with Crippen molar-refractivity contribution in [3.05, 3.63) is 24.8 Å². The minimum atomic E-state index is -0.252. The number of unbranched alkanes of at least 4 members (excludes halogenated alkanes) is 3. The Hall–Kier alpha value is -0.700. The van der Waals surface area contributed by atoms with Gasteiger partial charge in [0.15, 0.2) is 0 Å². The van der Waals surface area contributed by atoms with Gasteiger partial charge >= 0.3 is 5.97 Å². The van der Waals surface area contributed by atoms with Crippen LogP contribution in [-0.4, -0.2) is 23.6 Å². The van der Waals surface area contributed by atoms with Crippen LogP contribution in [0.3, 0.4) is 0 Å². The summed E-state index contributed by atoms with van der Waals surface area (Å²) >= 11 is 1.89. The van der Waals surface area contributed by atoms with Crippen molar-refractivity contribution in [2.45, 2.75) is 51.2 Å². The van der Waals surface area contributed by atoms with Gasteiger partial charge in [-0.25, -0.2) is 4.79 Å². The molecule has 0 radical (unpaired) electrons. The number of hydrogen-bond acceptors (Lipinski definition) is 3. The molecule has 0 amide bonds. The van der Waals surface area contributed by atoms with E-state index in [2.05, 4.69) is 13.5 Å². The van der Waals surface area contributed by atoms with Gasteiger partial charge in [-0.15, -0.1) is 6.58 Å². The van der Waals surface area contributed by atoms with Crippen molar-refractivity contribution >= 4 is 17.7 Å². The van der Waals surface area contributed by atoms with E-state index >= 15 is 0 Å². The van der Waals surface area contributed by atoms with Gasteiger partial charge in [0.25, 0.3) is 0 Å². The summed E-state index contributed by atoms with van der Waals surface area (Å²) in [5, 5.41) is 0.341. The molecule has 0 rings (SSSR count). The summed E-state index contributed by atoms with van der Waals surface area (Å²) in [4.78, 5) is 11.2. The van der Waals surface area contributed by atoms with Crippen molar-refractivity contribution < 1.29 is 9.53 Å². The van der Waals surface area contributed by atoms with E-state index in [-0.39, 0.29) is 5.97 Å². The lowest BCUT2D eigenvalue weighted by Gasteiger charge is -2.09. The predicted octanol–water partition coefficient (Wildman–Crippen LogP) is 4.36. The molecule has 0 fully saturated rings. The molecule has 0 aliphatic rings. The molecule has 0 aliphatic carbocycles. The van der Waals surface area contributed by atoms with Gasteiger partial charge in [0.2, 0.25) is 0 Å². The van der Waals surface area contributed by atoms with Crippen LogP contribution in [-0.2, 0) is 9.53 Å². The Labute approximate surface area is 116 Å². The molecule has 104 valence electrons. The molecular formula is C15H26O2S. The third-order valence-electron chi connectivity index (χ3n) is 2.46. The predicted molar refractivity (Wildman–Crippen MR) is 81.0 cm³/mol. The minimum Gasteiger partial charge on any atom is -0.463 e. The molecule has 1 atom stereocenters. The largest absolute Gasteiger partial charge is 0.463 e. The van der Waals surface area contributed by atoms with Crippen LogP contribution in [0.15, 0.2) is 24.8 Å². The van der Waals surface area contributed by atoms with Crippen LogP contribution in [0.25, 0.3) is 0 Å². The second kappa shape index (κ2) is 12.7. The highest BCUT2D eigenvalue weighted by Gasteiger charge is 2.04. The molecule has 3 heteroatoms. The Balaban J connectivity index is 3.90. The zero-order chi connectivity index (χ0) is 13.6. The normalized spacial score (nSPS) is 12.6. The van der Waals surface area contributed by atoms with Crippen molar-refractivity contribution in [3.63, 3.8) is 0 Å². The van der Waals surface area contributed by atoms with Gasteiger partial charge in [-0.2, -0.15) is 11.8 Å². The van der Waals surface area contributed by atoms with E-state index in [0.29, 0.717) is 11.9 Å². The van der Waals surface area contributed by atoms with Gasteiger partial charge in [0.1, 0.15) is 0 Å². The van der Waals surface area contributed by atoms with E-state index in [1.54, 1.807) is 0 Å². The van der Waals surface area contributed by atoms with E-state index in [1.165, 1.54) is 31.8 Å². The monoisotopic (exact) mass is 270 g/mol. The Morgan fingerprint density at radius 1 is 1.33 bits per heavy atom. The van der Waals surface area contributed by atoms with Crippen LogP contribution in [0.1, 0.15) is 46.0 Å². The van der Waals surface area contributed by atoms with Crippen molar-refractivity contribution in [3.8, 4) is 0 Å². The van der Waals surface area contributed by atoms with E-state index in [1.807, 2.05) is 30.8 Å². The summed E-state index contributed by atoms with van der Waals surface area (Å²) in [6, 6.07) is 0. The first-order chi connectivity index (χ1) is 8.74. The van der Waals surface area contributed by atoms with Crippen molar-refractivity contribution in [2.75, 3.05) is 12.4 Å². The van der Waals surface area contributed by atoms with Crippen molar-refractivity contribution in [1.29, 1.82) is 0 Å². The fourth-order valence-corrected chi connectivity index (χ4v) is 2.64. The topological polar surface area (TPSA) is 26.3 Å². The van der Waals surface area contributed by atoms with E-state index < -0.39 is 0 Å². The van der Waals surface area contributed by atoms with Gasteiger partial charge in [-0.05, 0) is 25.5 Å². The number of ether oxygens (including phenoxy) is 1. The van der Waals surface area contributed by atoms with Crippen LogP contribution in [0.5, 0.6) is 0 Å². The molecule has 0 aliphatic heterocycles. The highest BCUT2D eigenvalue weighted by Crippen LogP contribution is 2.19. The number of carbonyl (C=O) groups excluding carboxylic acids is 1. The molecular weight excluding hydrogens is 244 g/mol. The third kappa shape index (κ3) is 10.5. The maximum Gasteiger partial charge on any atom is 0.330 e. The van der Waals surface area contributed by atoms with Gasteiger partial charge in [0.05, 0.1) is 6.61 Å². The number of esters is 1. The molecule has 2 nitrogen and oxygen atoms in total. The Kier molecular flexibility index (Phi) is 12.3. The first-order valence-electron chi connectivity index (χ1n) is 6.82. The lowest BCUT2D eigenvalue weighted by molar-refractivity contribution is -0.137. The maximum absolute atomic E-state index is 11.2. The molecule has 0 aromatic heterocycles. The molecule has 0 unspecified atom stereocenters. The summed E-state index contributed by atoms with van der Waals surface area (Å²) in [6.45, 7) is 8.22. The highest BCUT2D eigenvalue weighted by atomic mass is 32.2. The van der Waals surface area contributed by atoms with Crippen molar-refractivity contribution in [2.24, 2.45) is 0 Å². The fraction of sp³-hybridized carbons (Fsp3) is 0.667. The first kappa shape index (κ1) is 17.3. The van der Waals surface area contributed by atoms with E-state index in [4.69, 9.17) is 4.74 Å². The molecule has 0 N–H and O–H groups in total. The number of rotatable bonds is 11. The summed E-state index contributed by atoms with van der Waals surface area (Å²) < 4.78 is 4.87. The number of thioether (sulfide) groups is 1. The van der Waals surface area contributed by atoms with Crippen LogP contribution in [0, 0.1) is 0 Å². The SMILES string of the molecule is C=CC[C@@H](/C=C\C(=O)OCC)SCCCCCC. The van der Waals surface area contributed by atoms with Crippen LogP contribution in [0.4, 0.5) is 0 Å². The maximum atomic E-state index is 11.2.